The quantitative estimate of drug-likeness (QED) is 0.560. The fourth-order valence-corrected chi connectivity index (χ4v) is 4.69. The summed E-state index contributed by atoms with van der Waals surface area (Å²) in [6, 6.07) is 10.8. The van der Waals surface area contributed by atoms with Gasteiger partial charge in [-0.15, -0.1) is 0 Å². The summed E-state index contributed by atoms with van der Waals surface area (Å²) < 4.78 is 17.6. The molecule has 0 N–H and O–H groups in total. The highest BCUT2D eigenvalue weighted by molar-refractivity contribution is 7.22. The van der Waals surface area contributed by atoms with Gasteiger partial charge >= 0.3 is 0 Å². The predicted octanol–water partition coefficient (Wildman–Crippen LogP) is 4.79. The van der Waals surface area contributed by atoms with Crippen molar-refractivity contribution in [3.05, 3.63) is 47.0 Å². The molecule has 29 heavy (non-hydrogen) atoms. The number of fused-ring (bicyclic) bond motifs is 1. The van der Waals surface area contributed by atoms with Gasteiger partial charge < -0.3 is 14.2 Å². The van der Waals surface area contributed by atoms with Gasteiger partial charge in [-0.25, -0.2) is 4.98 Å². The molecule has 1 unspecified atom stereocenters. The summed E-state index contributed by atoms with van der Waals surface area (Å²) in [6.45, 7) is 1.14. The summed E-state index contributed by atoms with van der Waals surface area (Å²) in [7, 11) is 3.08. The maximum Gasteiger partial charge on any atom is 0.264 e. The Morgan fingerprint density at radius 1 is 1.31 bits per heavy atom. The number of amides is 1. The minimum absolute atomic E-state index is 0.0221. The molecule has 6 nitrogen and oxygen atoms in total. The van der Waals surface area contributed by atoms with E-state index in [4.69, 9.17) is 25.8 Å². The van der Waals surface area contributed by atoms with Gasteiger partial charge in [-0.2, -0.15) is 0 Å². The van der Waals surface area contributed by atoms with E-state index in [1.807, 2.05) is 12.1 Å². The van der Waals surface area contributed by atoms with Crippen LogP contribution >= 0.6 is 22.9 Å². The van der Waals surface area contributed by atoms with Crippen LogP contribution in [0.1, 0.15) is 23.2 Å². The number of methoxy groups -OCH3 is 2. The van der Waals surface area contributed by atoms with Gasteiger partial charge in [0.2, 0.25) is 0 Å². The number of aromatic nitrogens is 1. The molecular weight excluding hydrogens is 412 g/mol. The smallest absolute Gasteiger partial charge is 0.264 e. The van der Waals surface area contributed by atoms with E-state index < -0.39 is 0 Å². The summed E-state index contributed by atoms with van der Waals surface area (Å²) in [5.41, 5.74) is 1.22. The van der Waals surface area contributed by atoms with E-state index in [2.05, 4.69) is 4.98 Å². The second-order valence-electron chi connectivity index (χ2n) is 6.70. The lowest BCUT2D eigenvalue weighted by Crippen LogP contribution is -2.37. The van der Waals surface area contributed by atoms with E-state index in [-0.39, 0.29) is 12.0 Å². The molecule has 1 aliphatic heterocycles. The summed E-state index contributed by atoms with van der Waals surface area (Å²) in [4.78, 5) is 20.0. The van der Waals surface area contributed by atoms with Crippen LogP contribution in [0.2, 0.25) is 5.02 Å². The van der Waals surface area contributed by atoms with Gasteiger partial charge in [-0.1, -0.05) is 29.0 Å². The Kier molecular flexibility index (Phi) is 5.89. The van der Waals surface area contributed by atoms with E-state index in [9.17, 15) is 4.79 Å². The van der Waals surface area contributed by atoms with E-state index in [0.29, 0.717) is 40.4 Å². The molecule has 0 spiro atoms. The van der Waals surface area contributed by atoms with Crippen molar-refractivity contribution in [2.45, 2.75) is 18.9 Å². The molecule has 3 aromatic rings. The molecule has 2 aromatic carbocycles. The summed E-state index contributed by atoms with van der Waals surface area (Å²) in [5, 5.41) is 1.24. The standard InChI is InChI=1S/C21H21ClN2O4S/c1-26-17-7-3-6-15(19(17)27-2)20(25)24(12-14-5-4-10-28-14)21-23-16-9-8-13(22)11-18(16)29-21/h3,6-9,11,14H,4-5,10,12H2,1-2H3. The maximum atomic E-state index is 13.6. The van der Waals surface area contributed by atoms with Crippen molar-refractivity contribution in [2.75, 3.05) is 32.3 Å². The number of para-hydroxylation sites is 1. The van der Waals surface area contributed by atoms with Crippen molar-refractivity contribution in [1.82, 2.24) is 4.98 Å². The van der Waals surface area contributed by atoms with Crippen molar-refractivity contribution < 1.29 is 19.0 Å². The van der Waals surface area contributed by atoms with Crippen molar-refractivity contribution in [3.8, 4) is 11.5 Å². The van der Waals surface area contributed by atoms with Crippen LogP contribution in [0.5, 0.6) is 11.5 Å². The molecule has 1 atom stereocenters. The molecule has 1 amide bonds. The Hall–Kier alpha value is -2.35. The molecule has 1 fully saturated rings. The van der Waals surface area contributed by atoms with Gasteiger partial charge in [0.1, 0.15) is 0 Å². The Labute approximate surface area is 178 Å². The molecule has 1 aromatic heterocycles. The molecule has 0 radical (unpaired) electrons. The maximum absolute atomic E-state index is 13.6. The number of hydrogen-bond donors (Lipinski definition) is 0. The van der Waals surface area contributed by atoms with Crippen LogP contribution in [-0.4, -0.2) is 44.4 Å². The molecule has 0 saturated carbocycles. The highest BCUT2D eigenvalue weighted by Crippen LogP contribution is 2.36. The minimum atomic E-state index is -0.207. The molecule has 1 saturated heterocycles. The Morgan fingerprint density at radius 3 is 2.90 bits per heavy atom. The van der Waals surface area contributed by atoms with Gasteiger partial charge in [-0.3, -0.25) is 9.69 Å². The highest BCUT2D eigenvalue weighted by atomic mass is 35.5. The average molecular weight is 433 g/mol. The van der Waals surface area contributed by atoms with Crippen molar-refractivity contribution in [3.63, 3.8) is 0 Å². The number of rotatable bonds is 6. The molecule has 152 valence electrons. The third-order valence-corrected chi connectivity index (χ3v) is 6.14. The number of benzene rings is 2. The number of carbonyl (C=O) groups excluding carboxylic acids is 1. The zero-order valence-corrected chi connectivity index (χ0v) is 17.8. The molecule has 0 bridgehead atoms. The lowest BCUT2D eigenvalue weighted by Gasteiger charge is -2.24. The average Bonchev–Trinajstić information content (AvgIpc) is 3.39. The molecule has 1 aliphatic rings. The van der Waals surface area contributed by atoms with E-state index >= 15 is 0 Å². The van der Waals surface area contributed by atoms with Crippen molar-refractivity contribution in [1.29, 1.82) is 0 Å². The second kappa shape index (κ2) is 8.57. The van der Waals surface area contributed by atoms with E-state index in [0.717, 1.165) is 23.1 Å². The van der Waals surface area contributed by atoms with Gasteiger partial charge in [-0.05, 0) is 43.2 Å². The van der Waals surface area contributed by atoms with E-state index in [1.165, 1.54) is 18.4 Å². The predicted molar refractivity (Wildman–Crippen MR) is 115 cm³/mol. The number of halogens is 1. The van der Waals surface area contributed by atoms with Crippen LogP contribution in [0.4, 0.5) is 5.13 Å². The topological polar surface area (TPSA) is 60.9 Å². The van der Waals surface area contributed by atoms with Crippen LogP contribution in [-0.2, 0) is 4.74 Å². The minimum Gasteiger partial charge on any atom is -0.493 e. The summed E-state index contributed by atoms with van der Waals surface area (Å²) in [5.74, 6) is 0.703. The second-order valence-corrected chi connectivity index (χ2v) is 8.15. The third-order valence-electron chi connectivity index (χ3n) is 4.86. The number of hydrogen-bond acceptors (Lipinski definition) is 6. The Balaban J connectivity index is 1.76. The van der Waals surface area contributed by atoms with Crippen LogP contribution in [0, 0.1) is 0 Å². The van der Waals surface area contributed by atoms with E-state index in [1.54, 1.807) is 36.3 Å². The molecule has 8 heteroatoms. The van der Waals surface area contributed by atoms with Crippen molar-refractivity contribution >= 4 is 44.2 Å². The lowest BCUT2D eigenvalue weighted by atomic mass is 10.1. The normalized spacial score (nSPS) is 16.2. The van der Waals surface area contributed by atoms with Gasteiger partial charge in [0.05, 0.1) is 42.6 Å². The fourth-order valence-electron chi connectivity index (χ4n) is 3.44. The van der Waals surface area contributed by atoms with Crippen LogP contribution in [0.25, 0.3) is 10.2 Å². The Morgan fingerprint density at radius 2 is 2.17 bits per heavy atom. The molecule has 2 heterocycles. The number of ether oxygens (including phenoxy) is 3. The fraction of sp³-hybridized carbons (Fsp3) is 0.333. The number of anilines is 1. The van der Waals surface area contributed by atoms with Crippen LogP contribution < -0.4 is 14.4 Å². The highest BCUT2D eigenvalue weighted by Gasteiger charge is 2.29. The zero-order valence-electron chi connectivity index (χ0n) is 16.2. The van der Waals surface area contributed by atoms with Gasteiger partial charge in [0, 0.05) is 11.6 Å². The molecule has 4 rings (SSSR count). The largest absolute Gasteiger partial charge is 0.493 e. The van der Waals surface area contributed by atoms with Gasteiger partial charge in [0.15, 0.2) is 16.6 Å². The molecular formula is C21H21ClN2O4S. The first-order valence-corrected chi connectivity index (χ1v) is 10.5. The first-order valence-electron chi connectivity index (χ1n) is 9.31. The third kappa shape index (κ3) is 4.03. The first kappa shape index (κ1) is 19.9. The Bertz CT molecular complexity index is 1030. The number of thiazole rings is 1. The van der Waals surface area contributed by atoms with Crippen molar-refractivity contribution in [2.24, 2.45) is 0 Å². The zero-order chi connectivity index (χ0) is 20.4. The summed E-state index contributed by atoms with van der Waals surface area (Å²) in [6.07, 6.45) is 1.88. The SMILES string of the molecule is COc1cccc(C(=O)N(CC2CCCO2)c2nc3ccc(Cl)cc3s2)c1OC. The monoisotopic (exact) mass is 432 g/mol. The first-order chi connectivity index (χ1) is 14.1. The summed E-state index contributed by atoms with van der Waals surface area (Å²) >= 11 is 7.56. The number of nitrogens with zero attached hydrogens (tertiary/aromatic N) is 2. The van der Waals surface area contributed by atoms with Crippen LogP contribution in [0.15, 0.2) is 36.4 Å². The number of carbonyl (C=O) groups is 1. The lowest BCUT2D eigenvalue weighted by molar-refractivity contribution is 0.0914. The molecule has 0 aliphatic carbocycles. The van der Waals surface area contributed by atoms with Gasteiger partial charge in [0.25, 0.3) is 5.91 Å². The van der Waals surface area contributed by atoms with Crippen LogP contribution in [0.3, 0.4) is 0 Å².